The summed E-state index contributed by atoms with van der Waals surface area (Å²) in [5, 5.41) is 12.0. The first-order chi connectivity index (χ1) is 9.22. The summed E-state index contributed by atoms with van der Waals surface area (Å²) in [6, 6.07) is 9.19. The van der Waals surface area contributed by atoms with Gasteiger partial charge in [0.2, 0.25) is 5.95 Å². The molecule has 0 aliphatic rings. The van der Waals surface area contributed by atoms with Crippen LogP contribution >= 0.6 is 11.6 Å². The van der Waals surface area contributed by atoms with Gasteiger partial charge in [-0.05, 0) is 24.3 Å². The molecule has 0 fully saturated rings. The Labute approximate surface area is 116 Å². The fourth-order valence-electron chi connectivity index (χ4n) is 1.57. The zero-order valence-electron chi connectivity index (χ0n) is 10.4. The van der Waals surface area contributed by atoms with E-state index in [2.05, 4.69) is 15.3 Å². The van der Waals surface area contributed by atoms with Crippen molar-refractivity contribution in [3.05, 3.63) is 35.5 Å². The quantitative estimate of drug-likeness (QED) is 0.822. The Morgan fingerprint density at radius 1 is 1.26 bits per heavy atom. The minimum absolute atomic E-state index is 0.00768. The van der Waals surface area contributed by atoms with Crippen molar-refractivity contribution < 1.29 is 9.84 Å². The number of methoxy groups -OCH3 is 1. The minimum atomic E-state index is 0.00768. The molecule has 6 heteroatoms. The van der Waals surface area contributed by atoms with Gasteiger partial charge in [0.15, 0.2) is 0 Å². The summed E-state index contributed by atoms with van der Waals surface area (Å²) < 4.78 is 5.11. The van der Waals surface area contributed by atoms with Gasteiger partial charge in [0.05, 0.1) is 19.4 Å². The molecule has 0 saturated carbocycles. The van der Waals surface area contributed by atoms with Crippen LogP contribution < -0.4 is 10.1 Å². The van der Waals surface area contributed by atoms with Crippen LogP contribution in [0.5, 0.6) is 5.75 Å². The molecule has 2 rings (SSSR count). The molecule has 5 nitrogen and oxygen atoms in total. The number of nitrogens with one attached hydrogen (secondary N) is 1. The molecule has 0 radical (unpaired) electrons. The highest BCUT2D eigenvalue weighted by atomic mass is 35.5. The zero-order valence-corrected chi connectivity index (χ0v) is 11.2. The van der Waals surface area contributed by atoms with Crippen LogP contribution in [0, 0.1) is 0 Å². The van der Waals surface area contributed by atoms with Crippen molar-refractivity contribution in [3.63, 3.8) is 0 Å². The molecule has 0 aliphatic carbocycles. The highest BCUT2D eigenvalue weighted by Gasteiger charge is 2.05. The zero-order chi connectivity index (χ0) is 13.7. The Kier molecular flexibility index (Phi) is 4.54. The summed E-state index contributed by atoms with van der Waals surface area (Å²) in [5.41, 5.74) is 1.63. The highest BCUT2D eigenvalue weighted by Crippen LogP contribution is 2.23. The van der Waals surface area contributed by atoms with Gasteiger partial charge in [-0.25, -0.2) is 9.97 Å². The lowest BCUT2D eigenvalue weighted by Gasteiger charge is -2.07. The van der Waals surface area contributed by atoms with E-state index >= 15 is 0 Å². The standard InChI is InChI=1S/C13H14ClN3O2/c1-19-10-4-2-9(3-5-10)11-8-12(14)17-13(16-11)15-6-7-18/h2-5,8,18H,6-7H2,1H3,(H,15,16,17). The van der Waals surface area contributed by atoms with E-state index in [-0.39, 0.29) is 6.61 Å². The topological polar surface area (TPSA) is 67.3 Å². The second-order valence-corrected chi connectivity index (χ2v) is 4.17. The van der Waals surface area contributed by atoms with Crippen molar-refractivity contribution in [1.82, 2.24) is 9.97 Å². The fraction of sp³-hybridized carbons (Fsp3) is 0.231. The van der Waals surface area contributed by atoms with Crippen LogP contribution in [0.2, 0.25) is 5.15 Å². The molecular formula is C13H14ClN3O2. The van der Waals surface area contributed by atoms with Gasteiger partial charge in [-0.3, -0.25) is 0 Å². The number of ether oxygens (including phenoxy) is 1. The lowest BCUT2D eigenvalue weighted by molar-refractivity contribution is 0.311. The van der Waals surface area contributed by atoms with Gasteiger partial charge >= 0.3 is 0 Å². The summed E-state index contributed by atoms with van der Waals surface area (Å²) in [5.74, 6) is 1.18. The van der Waals surface area contributed by atoms with Crippen LogP contribution in [0.15, 0.2) is 30.3 Å². The molecule has 2 aromatic rings. The molecule has 1 aromatic carbocycles. The molecule has 19 heavy (non-hydrogen) atoms. The first-order valence-electron chi connectivity index (χ1n) is 5.76. The number of aliphatic hydroxyl groups is 1. The van der Waals surface area contributed by atoms with Crippen molar-refractivity contribution >= 4 is 17.5 Å². The molecule has 0 bridgehead atoms. The van der Waals surface area contributed by atoms with Crippen molar-refractivity contribution in [1.29, 1.82) is 0 Å². The second kappa shape index (κ2) is 6.36. The maximum absolute atomic E-state index is 8.78. The summed E-state index contributed by atoms with van der Waals surface area (Å²) in [7, 11) is 1.62. The molecule has 0 spiro atoms. The summed E-state index contributed by atoms with van der Waals surface area (Å²) in [6.07, 6.45) is 0. The number of aliphatic hydroxyl groups excluding tert-OH is 1. The van der Waals surface area contributed by atoms with Crippen LogP contribution in [0.3, 0.4) is 0 Å². The maximum Gasteiger partial charge on any atom is 0.224 e. The predicted molar refractivity (Wildman–Crippen MR) is 74.6 cm³/mol. The van der Waals surface area contributed by atoms with Crippen LogP contribution in [-0.2, 0) is 0 Å². The number of aromatic nitrogens is 2. The van der Waals surface area contributed by atoms with Crippen molar-refractivity contribution in [3.8, 4) is 17.0 Å². The highest BCUT2D eigenvalue weighted by molar-refractivity contribution is 6.29. The van der Waals surface area contributed by atoms with Crippen molar-refractivity contribution in [2.75, 3.05) is 25.6 Å². The SMILES string of the molecule is COc1ccc(-c2cc(Cl)nc(NCCO)n2)cc1. The number of anilines is 1. The monoisotopic (exact) mass is 279 g/mol. The number of benzene rings is 1. The Bertz CT molecular complexity index is 546. The van der Waals surface area contributed by atoms with E-state index in [9.17, 15) is 0 Å². The first-order valence-corrected chi connectivity index (χ1v) is 6.14. The summed E-state index contributed by atoms with van der Waals surface area (Å²) >= 11 is 5.96. The van der Waals surface area contributed by atoms with Crippen molar-refractivity contribution in [2.24, 2.45) is 0 Å². The molecule has 1 heterocycles. The number of hydrogen-bond acceptors (Lipinski definition) is 5. The number of hydrogen-bond donors (Lipinski definition) is 2. The van der Waals surface area contributed by atoms with Gasteiger partial charge < -0.3 is 15.2 Å². The van der Waals surface area contributed by atoms with E-state index in [1.165, 1.54) is 0 Å². The Balaban J connectivity index is 2.29. The van der Waals surface area contributed by atoms with Gasteiger partial charge in [0.1, 0.15) is 10.9 Å². The largest absolute Gasteiger partial charge is 0.497 e. The Morgan fingerprint density at radius 3 is 2.63 bits per heavy atom. The molecule has 0 atom stereocenters. The molecular weight excluding hydrogens is 266 g/mol. The second-order valence-electron chi connectivity index (χ2n) is 3.78. The van der Waals surface area contributed by atoms with Crippen molar-refractivity contribution in [2.45, 2.75) is 0 Å². The number of nitrogens with zero attached hydrogens (tertiary/aromatic N) is 2. The summed E-state index contributed by atoms with van der Waals surface area (Å²) in [4.78, 5) is 8.38. The minimum Gasteiger partial charge on any atom is -0.497 e. The smallest absolute Gasteiger partial charge is 0.224 e. The molecule has 0 unspecified atom stereocenters. The predicted octanol–water partition coefficient (Wildman–Crippen LogP) is 2.21. The van der Waals surface area contributed by atoms with Gasteiger partial charge in [-0.15, -0.1) is 0 Å². The van der Waals surface area contributed by atoms with Gasteiger partial charge in [-0.2, -0.15) is 0 Å². The van der Waals surface area contributed by atoms with Gasteiger partial charge in [-0.1, -0.05) is 11.6 Å². The van der Waals surface area contributed by atoms with Gasteiger partial charge in [0.25, 0.3) is 0 Å². The molecule has 0 aliphatic heterocycles. The van der Waals surface area contributed by atoms with E-state index in [1.54, 1.807) is 13.2 Å². The third kappa shape index (κ3) is 3.56. The van der Waals surface area contributed by atoms with Crippen LogP contribution in [0.4, 0.5) is 5.95 Å². The fourth-order valence-corrected chi connectivity index (χ4v) is 1.76. The number of rotatable bonds is 5. The van der Waals surface area contributed by atoms with Crippen LogP contribution in [-0.4, -0.2) is 35.3 Å². The summed E-state index contributed by atoms with van der Waals surface area (Å²) in [6.45, 7) is 0.385. The molecule has 100 valence electrons. The van der Waals surface area contributed by atoms with Crippen LogP contribution in [0.25, 0.3) is 11.3 Å². The molecule has 0 amide bonds. The third-order valence-corrected chi connectivity index (χ3v) is 2.67. The van der Waals surface area contributed by atoms with E-state index < -0.39 is 0 Å². The molecule has 1 aromatic heterocycles. The average Bonchev–Trinajstić information content (AvgIpc) is 2.44. The normalized spacial score (nSPS) is 10.3. The van der Waals surface area contributed by atoms with Crippen LogP contribution in [0.1, 0.15) is 0 Å². The molecule has 2 N–H and O–H groups in total. The maximum atomic E-state index is 8.78. The van der Waals surface area contributed by atoms with E-state index in [1.807, 2.05) is 24.3 Å². The Morgan fingerprint density at radius 2 is 2.00 bits per heavy atom. The van der Waals surface area contributed by atoms with Gasteiger partial charge in [0, 0.05) is 18.2 Å². The van der Waals surface area contributed by atoms with E-state index in [0.29, 0.717) is 23.3 Å². The van der Waals surface area contributed by atoms with E-state index in [0.717, 1.165) is 11.3 Å². The Hall–Kier alpha value is -1.85. The first kappa shape index (κ1) is 13.6. The lowest BCUT2D eigenvalue weighted by Crippen LogP contribution is -2.09. The third-order valence-electron chi connectivity index (χ3n) is 2.48. The van der Waals surface area contributed by atoms with E-state index in [4.69, 9.17) is 21.4 Å². The average molecular weight is 280 g/mol. The molecule has 0 saturated heterocycles. The number of halogens is 1. The lowest BCUT2D eigenvalue weighted by atomic mass is 10.1.